The molecule has 2 aromatic carbocycles. The molecule has 0 aromatic heterocycles. The molecule has 0 aliphatic heterocycles. The maximum atomic E-state index is 13.1. The lowest BCUT2D eigenvalue weighted by atomic mass is 10.0. The van der Waals surface area contributed by atoms with Gasteiger partial charge in [-0.1, -0.05) is 29.3 Å². The van der Waals surface area contributed by atoms with E-state index in [1.165, 1.54) is 18.2 Å². The fourth-order valence-electron chi connectivity index (χ4n) is 1.52. The standard InChI is InChI=1S/C13H5Cl2F3O/c14-8-3-1-2-7(11(8)15)13(19)6-4-9(16)12(18)10(17)5-6/h1-5H. The van der Waals surface area contributed by atoms with E-state index in [1.807, 2.05) is 0 Å². The summed E-state index contributed by atoms with van der Waals surface area (Å²) in [4.78, 5) is 12.0. The van der Waals surface area contributed by atoms with Crippen LogP contribution in [0.2, 0.25) is 10.0 Å². The molecule has 0 N–H and O–H groups in total. The van der Waals surface area contributed by atoms with E-state index in [-0.39, 0.29) is 21.2 Å². The Balaban J connectivity index is 2.53. The molecule has 0 heterocycles. The molecule has 0 fully saturated rings. The van der Waals surface area contributed by atoms with Crippen molar-refractivity contribution in [3.8, 4) is 0 Å². The second-order valence-corrected chi connectivity index (χ2v) is 4.47. The Morgan fingerprint density at radius 1 is 1.00 bits per heavy atom. The van der Waals surface area contributed by atoms with Gasteiger partial charge in [0.2, 0.25) is 0 Å². The molecule has 0 amide bonds. The highest BCUT2D eigenvalue weighted by molar-refractivity contribution is 6.44. The zero-order valence-electron chi connectivity index (χ0n) is 9.18. The lowest BCUT2D eigenvalue weighted by molar-refractivity contribution is 0.103. The quantitative estimate of drug-likeness (QED) is 0.583. The molecule has 98 valence electrons. The Morgan fingerprint density at radius 2 is 1.58 bits per heavy atom. The number of halogens is 5. The number of hydrogen-bond acceptors (Lipinski definition) is 1. The molecule has 0 spiro atoms. The Kier molecular flexibility index (Phi) is 3.83. The highest BCUT2D eigenvalue weighted by Gasteiger charge is 2.19. The van der Waals surface area contributed by atoms with Crippen molar-refractivity contribution in [2.45, 2.75) is 0 Å². The van der Waals surface area contributed by atoms with Crippen LogP contribution in [0.4, 0.5) is 13.2 Å². The van der Waals surface area contributed by atoms with Gasteiger partial charge in [-0.25, -0.2) is 13.2 Å². The van der Waals surface area contributed by atoms with Crippen LogP contribution in [0.25, 0.3) is 0 Å². The van der Waals surface area contributed by atoms with Gasteiger partial charge in [0.1, 0.15) is 0 Å². The van der Waals surface area contributed by atoms with Crippen LogP contribution in [0.1, 0.15) is 15.9 Å². The second kappa shape index (κ2) is 5.23. The normalized spacial score (nSPS) is 10.6. The van der Waals surface area contributed by atoms with Gasteiger partial charge in [0.25, 0.3) is 0 Å². The average Bonchev–Trinajstić information content (AvgIpc) is 2.38. The summed E-state index contributed by atoms with van der Waals surface area (Å²) in [6.45, 7) is 0. The molecular weight excluding hydrogens is 300 g/mol. The van der Waals surface area contributed by atoms with Gasteiger partial charge < -0.3 is 0 Å². The number of ketones is 1. The Bertz CT molecular complexity index is 648. The SMILES string of the molecule is O=C(c1cc(F)c(F)c(F)c1)c1cccc(Cl)c1Cl. The van der Waals surface area contributed by atoms with Crippen molar-refractivity contribution in [1.82, 2.24) is 0 Å². The van der Waals surface area contributed by atoms with Gasteiger partial charge in [0, 0.05) is 11.1 Å². The predicted octanol–water partition coefficient (Wildman–Crippen LogP) is 4.64. The van der Waals surface area contributed by atoms with Crippen molar-refractivity contribution in [2.75, 3.05) is 0 Å². The van der Waals surface area contributed by atoms with Gasteiger partial charge in [-0.15, -0.1) is 0 Å². The summed E-state index contributed by atoms with van der Waals surface area (Å²) >= 11 is 11.6. The van der Waals surface area contributed by atoms with Crippen LogP contribution in [0.5, 0.6) is 0 Å². The van der Waals surface area contributed by atoms with Crippen LogP contribution >= 0.6 is 23.2 Å². The third-order valence-corrected chi connectivity index (χ3v) is 3.26. The van der Waals surface area contributed by atoms with E-state index in [0.717, 1.165) is 0 Å². The molecule has 0 bridgehead atoms. The molecular formula is C13H5Cl2F3O. The molecule has 0 saturated carbocycles. The van der Waals surface area contributed by atoms with Crippen LogP contribution in [0, 0.1) is 17.5 Å². The van der Waals surface area contributed by atoms with Crippen molar-refractivity contribution in [3.63, 3.8) is 0 Å². The smallest absolute Gasteiger partial charge is 0.194 e. The van der Waals surface area contributed by atoms with Gasteiger partial charge in [0.15, 0.2) is 23.2 Å². The molecule has 0 unspecified atom stereocenters. The second-order valence-electron chi connectivity index (χ2n) is 3.68. The van der Waals surface area contributed by atoms with Gasteiger partial charge in [-0.05, 0) is 24.3 Å². The number of benzene rings is 2. The van der Waals surface area contributed by atoms with Crippen LogP contribution in [0.3, 0.4) is 0 Å². The molecule has 19 heavy (non-hydrogen) atoms. The van der Waals surface area contributed by atoms with E-state index in [1.54, 1.807) is 0 Å². The van der Waals surface area contributed by atoms with Crippen molar-refractivity contribution in [2.24, 2.45) is 0 Å². The summed E-state index contributed by atoms with van der Waals surface area (Å²) in [7, 11) is 0. The number of carbonyl (C=O) groups excluding carboxylic acids is 1. The molecule has 6 heteroatoms. The first-order chi connectivity index (χ1) is 8.91. The first-order valence-electron chi connectivity index (χ1n) is 5.05. The predicted molar refractivity (Wildman–Crippen MR) is 66.2 cm³/mol. The highest BCUT2D eigenvalue weighted by Crippen LogP contribution is 2.28. The molecule has 0 atom stereocenters. The zero-order chi connectivity index (χ0) is 14.2. The third-order valence-electron chi connectivity index (χ3n) is 2.44. The maximum absolute atomic E-state index is 13.1. The number of carbonyl (C=O) groups is 1. The lowest BCUT2D eigenvalue weighted by Gasteiger charge is -2.06. The molecule has 0 aliphatic carbocycles. The average molecular weight is 305 g/mol. The Morgan fingerprint density at radius 3 is 2.16 bits per heavy atom. The van der Waals surface area contributed by atoms with Gasteiger partial charge in [-0.2, -0.15) is 0 Å². The fourth-order valence-corrected chi connectivity index (χ4v) is 1.91. The van der Waals surface area contributed by atoms with E-state index in [4.69, 9.17) is 23.2 Å². The van der Waals surface area contributed by atoms with Crippen molar-refractivity contribution < 1.29 is 18.0 Å². The Hall–Kier alpha value is -1.52. The molecule has 0 saturated heterocycles. The topological polar surface area (TPSA) is 17.1 Å². The van der Waals surface area contributed by atoms with E-state index >= 15 is 0 Å². The zero-order valence-corrected chi connectivity index (χ0v) is 10.7. The van der Waals surface area contributed by atoms with E-state index in [0.29, 0.717) is 12.1 Å². The molecule has 2 aromatic rings. The largest absolute Gasteiger partial charge is 0.289 e. The fraction of sp³-hybridized carbons (Fsp3) is 0. The van der Waals surface area contributed by atoms with Gasteiger partial charge in [-0.3, -0.25) is 4.79 Å². The van der Waals surface area contributed by atoms with Gasteiger partial charge in [0.05, 0.1) is 10.0 Å². The Labute approximate surface area is 116 Å². The molecule has 2 rings (SSSR count). The molecule has 0 aliphatic rings. The van der Waals surface area contributed by atoms with E-state index in [2.05, 4.69) is 0 Å². The third kappa shape index (κ3) is 2.60. The molecule has 1 nitrogen and oxygen atoms in total. The van der Waals surface area contributed by atoms with Crippen LogP contribution in [-0.2, 0) is 0 Å². The van der Waals surface area contributed by atoms with Crippen LogP contribution < -0.4 is 0 Å². The van der Waals surface area contributed by atoms with Crippen LogP contribution in [0.15, 0.2) is 30.3 Å². The van der Waals surface area contributed by atoms with Crippen molar-refractivity contribution in [1.29, 1.82) is 0 Å². The summed E-state index contributed by atoms with van der Waals surface area (Å²) in [5.41, 5.74) is -0.361. The van der Waals surface area contributed by atoms with E-state index in [9.17, 15) is 18.0 Å². The summed E-state index contributed by atoms with van der Waals surface area (Å²) in [6, 6.07) is 5.51. The number of hydrogen-bond donors (Lipinski definition) is 0. The first kappa shape index (κ1) is 13.9. The van der Waals surface area contributed by atoms with E-state index < -0.39 is 23.2 Å². The minimum Gasteiger partial charge on any atom is -0.289 e. The minimum atomic E-state index is -1.63. The minimum absolute atomic E-state index is 0.0143. The summed E-state index contributed by atoms with van der Waals surface area (Å²) in [5, 5.41) is 0.106. The monoisotopic (exact) mass is 304 g/mol. The highest BCUT2D eigenvalue weighted by atomic mass is 35.5. The van der Waals surface area contributed by atoms with Crippen molar-refractivity contribution >= 4 is 29.0 Å². The first-order valence-corrected chi connectivity index (χ1v) is 5.80. The maximum Gasteiger partial charge on any atom is 0.194 e. The summed E-state index contributed by atoms with van der Waals surface area (Å²) in [6.07, 6.45) is 0. The summed E-state index contributed by atoms with van der Waals surface area (Å²) < 4.78 is 39.0. The summed E-state index contributed by atoms with van der Waals surface area (Å²) in [5.74, 6) is -5.26. The van der Waals surface area contributed by atoms with Crippen molar-refractivity contribution in [3.05, 3.63) is 69.0 Å². The van der Waals surface area contributed by atoms with Gasteiger partial charge >= 0.3 is 0 Å². The molecule has 0 radical (unpaired) electrons. The lowest BCUT2D eigenvalue weighted by Crippen LogP contribution is -2.05. The number of rotatable bonds is 2. The van der Waals surface area contributed by atoms with Crippen LogP contribution in [-0.4, -0.2) is 5.78 Å².